The Kier molecular flexibility index (Phi) is 5.26. The summed E-state index contributed by atoms with van der Waals surface area (Å²) in [7, 11) is 0. The van der Waals surface area contributed by atoms with Gasteiger partial charge in [0, 0.05) is 11.1 Å². The molecule has 20 heavy (non-hydrogen) atoms. The van der Waals surface area contributed by atoms with E-state index in [9.17, 15) is 9.90 Å². The van der Waals surface area contributed by atoms with Crippen molar-refractivity contribution in [1.82, 2.24) is 10.6 Å². The molecular weight excluding hydrogens is 276 g/mol. The highest BCUT2D eigenvalue weighted by Crippen LogP contribution is 2.19. The Balaban J connectivity index is 1.80. The first-order valence-electron chi connectivity index (χ1n) is 7.05. The van der Waals surface area contributed by atoms with E-state index in [2.05, 4.69) is 10.6 Å². The van der Waals surface area contributed by atoms with Gasteiger partial charge < -0.3 is 15.7 Å². The molecule has 1 saturated carbocycles. The van der Waals surface area contributed by atoms with Crippen molar-refractivity contribution >= 4 is 17.6 Å². The summed E-state index contributed by atoms with van der Waals surface area (Å²) >= 11 is 5.84. The van der Waals surface area contributed by atoms with Crippen molar-refractivity contribution in [3.8, 4) is 0 Å². The minimum Gasteiger partial charge on any atom is -0.393 e. The first-order chi connectivity index (χ1) is 9.54. The molecule has 0 radical (unpaired) electrons. The molecular formula is C15H21ClN2O2. The normalized spacial score (nSPS) is 23.9. The second kappa shape index (κ2) is 6.95. The second-order valence-corrected chi connectivity index (χ2v) is 5.83. The van der Waals surface area contributed by atoms with Gasteiger partial charge in [0.05, 0.1) is 12.1 Å². The van der Waals surface area contributed by atoms with Crippen molar-refractivity contribution in [2.45, 2.75) is 50.8 Å². The van der Waals surface area contributed by atoms with E-state index in [1.54, 1.807) is 0 Å². The van der Waals surface area contributed by atoms with Gasteiger partial charge in [0.1, 0.15) is 0 Å². The van der Waals surface area contributed by atoms with Crippen molar-refractivity contribution < 1.29 is 9.90 Å². The lowest BCUT2D eigenvalue weighted by atomic mass is 9.93. The zero-order valence-electron chi connectivity index (χ0n) is 11.6. The van der Waals surface area contributed by atoms with Crippen molar-refractivity contribution in [2.24, 2.45) is 0 Å². The molecule has 2 amide bonds. The molecule has 5 heteroatoms. The topological polar surface area (TPSA) is 61.4 Å². The minimum absolute atomic E-state index is 0.0681. The third kappa shape index (κ3) is 4.39. The number of aliphatic hydroxyl groups excluding tert-OH is 1. The van der Waals surface area contributed by atoms with Crippen LogP contribution in [-0.4, -0.2) is 23.3 Å². The molecule has 3 N–H and O–H groups in total. The van der Waals surface area contributed by atoms with Crippen LogP contribution in [0.1, 0.15) is 44.2 Å². The van der Waals surface area contributed by atoms with Crippen LogP contribution in [0, 0.1) is 0 Å². The smallest absolute Gasteiger partial charge is 0.315 e. The lowest BCUT2D eigenvalue weighted by Crippen LogP contribution is -2.44. The lowest BCUT2D eigenvalue weighted by molar-refractivity contribution is 0.117. The molecule has 1 aromatic carbocycles. The molecule has 1 atom stereocenters. The summed E-state index contributed by atoms with van der Waals surface area (Å²) in [6.45, 7) is 1.94. The summed E-state index contributed by atoms with van der Waals surface area (Å²) in [5.41, 5.74) is 1.02. The van der Waals surface area contributed by atoms with E-state index >= 15 is 0 Å². The van der Waals surface area contributed by atoms with Gasteiger partial charge in [-0.05, 0) is 50.3 Å². The third-order valence-electron chi connectivity index (χ3n) is 3.75. The zero-order valence-corrected chi connectivity index (χ0v) is 12.4. The molecule has 1 fully saturated rings. The van der Waals surface area contributed by atoms with Crippen LogP contribution >= 0.6 is 11.6 Å². The highest BCUT2D eigenvalue weighted by molar-refractivity contribution is 6.30. The predicted molar refractivity (Wildman–Crippen MR) is 79.8 cm³/mol. The van der Waals surface area contributed by atoms with Crippen LogP contribution in [0.2, 0.25) is 5.02 Å². The van der Waals surface area contributed by atoms with Crippen LogP contribution < -0.4 is 10.6 Å². The number of carbonyl (C=O) groups is 1. The highest BCUT2D eigenvalue weighted by atomic mass is 35.5. The Morgan fingerprint density at radius 1 is 1.25 bits per heavy atom. The van der Waals surface area contributed by atoms with Crippen LogP contribution in [0.25, 0.3) is 0 Å². The molecule has 0 aliphatic heterocycles. The van der Waals surface area contributed by atoms with Crippen LogP contribution in [0.15, 0.2) is 24.3 Å². The first-order valence-corrected chi connectivity index (χ1v) is 7.43. The van der Waals surface area contributed by atoms with Gasteiger partial charge in [-0.15, -0.1) is 0 Å². The van der Waals surface area contributed by atoms with E-state index in [1.807, 2.05) is 31.2 Å². The maximum Gasteiger partial charge on any atom is 0.315 e. The van der Waals surface area contributed by atoms with Crippen molar-refractivity contribution in [3.05, 3.63) is 34.9 Å². The van der Waals surface area contributed by atoms with Gasteiger partial charge in [-0.1, -0.05) is 23.7 Å². The van der Waals surface area contributed by atoms with Crippen molar-refractivity contribution in [3.63, 3.8) is 0 Å². The Labute approximate surface area is 124 Å². The molecule has 2 rings (SSSR count). The highest BCUT2D eigenvalue weighted by Gasteiger charge is 2.21. The quantitative estimate of drug-likeness (QED) is 0.803. The van der Waals surface area contributed by atoms with Crippen LogP contribution in [-0.2, 0) is 0 Å². The zero-order chi connectivity index (χ0) is 14.5. The molecule has 1 aromatic rings. The van der Waals surface area contributed by atoms with Crippen LogP contribution in [0.4, 0.5) is 4.79 Å². The average Bonchev–Trinajstić information content (AvgIpc) is 2.42. The van der Waals surface area contributed by atoms with E-state index in [1.165, 1.54) is 0 Å². The van der Waals surface area contributed by atoms with Gasteiger partial charge in [0.2, 0.25) is 0 Å². The lowest BCUT2D eigenvalue weighted by Gasteiger charge is -2.27. The summed E-state index contributed by atoms with van der Waals surface area (Å²) in [5.74, 6) is 0. The fourth-order valence-corrected chi connectivity index (χ4v) is 2.60. The van der Waals surface area contributed by atoms with Crippen LogP contribution in [0.3, 0.4) is 0 Å². The number of halogens is 1. The number of rotatable bonds is 3. The molecule has 1 unspecified atom stereocenters. The van der Waals surface area contributed by atoms with E-state index in [0.717, 1.165) is 31.2 Å². The molecule has 1 aliphatic rings. The predicted octanol–water partition coefficient (Wildman–Crippen LogP) is 3.00. The fraction of sp³-hybridized carbons (Fsp3) is 0.533. The summed E-state index contributed by atoms with van der Waals surface area (Å²) in [6, 6.07) is 7.38. The molecule has 0 bridgehead atoms. The molecule has 110 valence electrons. The summed E-state index contributed by atoms with van der Waals surface area (Å²) in [4.78, 5) is 11.9. The fourth-order valence-electron chi connectivity index (χ4n) is 2.48. The van der Waals surface area contributed by atoms with E-state index < -0.39 is 0 Å². The number of amides is 2. The number of benzene rings is 1. The molecule has 4 nitrogen and oxygen atoms in total. The van der Waals surface area contributed by atoms with Gasteiger partial charge >= 0.3 is 6.03 Å². The third-order valence-corrected chi connectivity index (χ3v) is 4.00. The van der Waals surface area contributed by atoms with E-state index in [-0.39, 0.29) is 24.2 Å². The molecule has 0 heterocycles. The van der Waals surface area contributed by atoms with Crippen LogP contribution in [0.5, 0.6) is 0 Å². The number of carbonyl (C=O) groups excluding carboxylic acids is 1. The number of hydrogen-bond acceptors (Lipinski definition) is 2. The number of hydrogen-bond donors (Lipinski definition) is 3. The van der Waals surface area contributed by atoms with Crippen molar-refractivity contribution in [1.29, 1.82) is 0 Å². The Hall–Kier alpha value is -1.26. The number of urea groups is 1. The maximum atomic E-state index is 11.9. The van der Waals surface area contributed by atoms with Gasteiger partial charge in [-0.3, -0.25) is 0 Å². The van der Waals surface area contributed by atoms with Crippen molar-refractivity contribution in [2.75, 3.05) is 0 Å². The Morgan fingerprint density at radius 2 is 1.85 bits per heavy atom. The summed E-state index contributed by atoms with van der Waals surface area (Å²) < 4.78 is 0. The number of nitrogens with one attached hydrogen (secondary N) is 2. The molecule has 0 saturated heterocycles. The standard InChI is InChI=1S/C15H21ClN2O2/c1-10(11-2-4-12(16)5-3-11)17-15(20)18-13-6-8-14(19)9-7-13/h2-5,10,13-14,19H,6-9H2,1H3,(H2,17,18,20). The monoisotopic (exact) mass is 296 g/mol. The maximum absolute atomic E-state index is 11.9. The molecule has 1 aliphatic carbocycles. The Bertz CT molecular complexity index is 442. The number of aliphatic hydroxyl groups is 1. The van der Waals surface area contributed by atoms with Gasteiger partial charge in [0.25, 0.3) is 0 Å². The second-order valence-electron chi connectivity index (χ2n) is 5.40. The van der Waals surface area contributed by atoms with Gasteiger partial charge in [-0.2, -0.15) is 0 Å². The minimum atomic E-state index is -0.205. The Morgan fingerprint density at radius 3 is 2.45 bits per heavy atom. The summed E-state index contributed by atoms with van der Waals surface area (Å²) in [6.07, 6.45) is 2.99. The first kappa shape index (κ1) is 15.1. The molecule has 0 spiro atoms. The van der Waals surface area contributed by atoms with E-state index in [4.69, 9.17) is 11.6 Å². The van der Waals surface area contributed by atoms with Gasteiger partial charge in [0.15, 0.2) is 0 Å². The average molecular weight is 297 g/mol. The SMILES string of the molecule is CC(NC(=O)NC1CCC(O)CC1)c1ccc(Cl)cc1. The largest absolute Gasteiger partial charge is 0.393 e. The van der Waals surface area contributed by atoms with E-state index in [0.29, 0.717) is 5.02 Å². The molecule has 0 aromatic heterocycles. The van der Waals surface area contributed by atoms with Gasteiger partial charge in [-0.25, -0.2) is 4.79 Å². The summed E-state index contributed by atoms with van der Waals surface area (Å²) in [5, 5.41) is 16.0.